The summed E-state index contributed by atoms with van der Waals surface area (Å²) in [7, 11) is -1.73. The van der Waals surface area contributed by atoms with Crippen LogP contribution in [0.25, 0.3) is 11.3 Å². The number of aromatic hydroxyl groups is 1. The van der Waals surface area contributed by atoms with Crippen molar-refractivity contribution in [2.75, 3.05) is 18.8 Å². The second-order valence-electron chi connectivity index (χ2n) is 5.64. The van der Waals surface area contributed by atoms with Crippen LogP contribution in [0.4, 0.5) is 5.13 Å². The number of benzene rings is 2. The topological polar surface area (TPSA) is 101 Å². The summed E-state index contributed by atoms with van der Waals surface area (Å²) in [6.45, 7) is 0. The van der Waals surface area contributed by atoms with E-state index in [9.17, 15) is 13.5 Å². The number of anilines is 1. The Balaban J connectivity index is 1.68. The minimum absolute atomic E-state index is 0.0375. The average Bonchev–Trinajstić information content (AvgIpc) is 3.10. The van der Waals surface area contributed by atoms with E-state index >= 15 is 0 Å². The summed E-state index contributed by atoms with van der Waals surface area (Å²) in [5.41, 5.74) is 5.08. The fourth-order valence-corrected chi connectivity index (χ4v) is 3.58. The molecule has 0 amide bonds. The molecule has 0 saturated carbocycles. The van der Waals surface area contributed by atoms with E-state index in [1.807, 2.05) is 5.38 Å². The molecule has 140 valence electrons. The molecule has 0 spiro atoms. The molecule has 0 aliphatic carbocycles. The standard InChI is InChI=1S/C18H17N3O4S2/c1-25-17-8-3-12(9-16(17)22)10-19-21-18-20-15(11-26-18)13-4-6-14(7-5-13)27(2,23)24/h3-11,22H,1-2H3,(H,20,21)/b19-10+. The van der Waals surface area contributed by atoms with Crippen LogP contribution in [0, 0.1) is 0 Å². The van der Waals surface area contributed by atoms with Gasteiger partial charge in [-0.3, -0.25) is 5.43 Å². The highest BCUT2D eigenvalue weighted by molar-refractivity contribution is 7.90. The number of hydrogen-bond acceptors (Lipinski definition) is 8. The lowest BCUT2D eigenvalue weighted by Gasteiger charge is -2.03. The zero-order valence-electron chi connectivity index (χ0n) is 14.6. The van der Waals surface area contributed by atoms with Gasteiger partial charge in [0.05, 0.1) is 23.9 Å². The molecular weight excluding hydrogens is 386 g/mol. The normalized spacial score (nSPS) is 11.6. The molecule has 1 heterocycles. The number of phenolic OH excluding ortho intramolecular Hbond substituents is 1. The number of rotatable bonds is 6. The summed E-state index contributed by atoms with van der Waals surface area (Å²) < 4.78 is 28.0. The number of thiazole rings is 1. The van der Waals surface area contributed by atoms with Crippen molar-refractivity contribution in [2.45, 2.75) is 4.90 Å². The number of nitrogens with one attached hydrogen (secondary N) is 1. The molecule has 2 aromatic carbocycles. The molecule has 0 fully saturated rings. The third-order valence-electron chi connectivity index (χ3n) is 3.66. The molecule has 3 aromatic rings. The number of ether oxygens (including phenoxy) is 1. The van der Waals surface area contributed by atoms with Crippen LogP contribution in [-0.4, -0.2) is 38.1 Å². The molecule has 0 unspecified atom stereocenters. The number of hydrazone groups is 1. The maximum absolute atomic E-state index is 11.5. The minimum atomic E-state index is -3.22. The Morgan fingerprint density at radius 2 is 1.96 bits per heavy atom. The monoisotopic (exact) mass is 403 g/mol. The lowest BCUT2D eigenvalue weighted by Crippen LogP contribution is -1.96. The van der Waals surface area contributed by atoms with E-state index in [2.05, 4.69) is 15.5 Å². The van der Waals surface area contributed by atoms with Gasteiger partial charge in [0, 0.05) is 17.2 Å². The van der Waals surface area contributed by atoms with Crippen molar-refractivity contribution in [3.8, 4) is 22.8 Å². The van der Waals surface area contributed by atoms with Crippen molar-refractivity contribution in [3.63, 3.8) is 0 Å². The van der Waals surface area contributed by atoms with Gasteiger partial charge in [-0.2, -0.15) is 5.10 Å². The second-order valence-corrected chi connectivity index (χ2v) is 8.51. The Morgan fingerprint density at radius 3 is 2.59 bits per heavy atom. The highest BCUT2D eigenvalue weighted by Gasteiger charge is 2.09. The van der Waals surface area contributed by atoms with Crippen LogP contribution in [0.15, 0.2) is 57.8 Å². The van der Waals surface area contributed by atoms with Gasteiger partial charge >= 0.3 is 0 Å². The minimum Gasteiger partial charge on any atom is -0.504 e. The largest absolute Gasteiger partial charge is 0.504 e. The molecule has 2 N–H and O–H groups in total. The molecule has 0 aliphatic rings. The molecule has 27 heavy (non-hydrogen) atoms. The Kier molecular flexibility index (Phi) is 5.43. The van der Waals surface area contributed by atoms with E-state index in [0.29, 0.717) is 16.4 Å². The van der Waals surface area contributed by atoms with E-state index in [1.54, 1.807) is 48.7 Å². The van der Waals surface area contributed by atoms with Gasteiger partial charge in [0.25, 0.3) is 0 Å². The summed E-state index contributed by atoms with van der Waals surface area (Å²) in [5.74, 6) is 0.432. The predicted molar refractivity (Wildman–Crippen MR) is 107 cm³/mol. The number of nitrogens with zero attached hydrogens (tertiary/aromatic N) is 2. The number of hydrogen-bond donors (Lipinski definition) is 2. The van der Waals surface area contributed by atoms with E-state index in [1.165, 1.54) is 24.7 Å². The summed E-state index contributed by atoms with van der Waals surface area (Å²) in [4.78, 5) is 4.69. The first kappa shape index (κ1) is 18.9. The molecule has 0 bridgehead atoms. The Bertz CT molecular complexity index is 1070. The third-order valence-corrected chi connectivity index (χ3v) is 5.53. The highest BCUT2D eigenvalue weighted by Crippen LogP contribution is 2.27. The van der Waals surface area contributed by atoms with Gasteiger partial charge in [-0.25, -0.2) is 13.4 Å². The van der Waals surface area contributed by atoms with Gasteiger partial charge in [-0.15, -0.1) is 11.3 Å². The first-order valence-electron chi connectivity index (χ1n) is 7.79. The van der Waals surface area contributed by atoms with Crippen LogP contribution in [0.2, 0.25) is 0 Å². The van der Waals surface area contributed by atoms with Crippen molar-refractivity contribution >= 4 is 32.5 Å². The van der Waals surface area contributed by atoms with Gasteiger partial charge in [0.1, 0.15) is 0 Å². The third kappa shape index (κ3) is 4.63. The highest BCUT2D eigenvalue weighted by atomic mass is 32.2. The van der Waals surface area contributed by atoms with Crippen molar-refractivity contribution in [2.24, 2.45) is 5.10 Å². The summed E-state index contributed by atoms with van der Waals surface area (Å²) in [6.07, 6.45) is 2.73. The maximum Gasteiger partial charge on any atom is 0.203 e. The fourth-order valence-electron chi connectivity index (χ4n) is 2.28. The van der Waals surface area contributed by atoms with Gasteiger partial charge in [0.2, 0.25) is 5.13 Å². The first-order valence-corrected chi connectivity index (χ1v) is 10.6. The quantitative estimate of drug-likeness (QED) is 0.483. The van der Waals surface area contributed by atoms with Crippen molar-refractivity contribution in [1.82, 2.24) is 4.98 Å². The lowest BCUT2D eigenvalue weighted by atomic mass is 10.2. The Labute approximate surface area is 160 Å². The van der Waals surface area contributed by atoms with Crippen LogP contribution in [0.5, 0.6) is 11.5 Å². The van der Waals surface area contributed by atoms with Crippen molar-refractivity contribution in [3.05, 3.63) is 53.4 Å². The van der Waals surface area contributed by atoms with Gasteiger partial charge in [0.15, 0.2) is 21.3 Å². The number of sulfone groups is 1. The Hall–Kier alpha value is -2.91. The van der Waals surface area contributed by atoms with E-state index < -0.39 is 9.84 Å². The van der Waals surface area contributed by atoms with Crippen LogP contribution < -0.4 is 10.2 Å². The van der Waals surface area contributed by atoms with Crippen LogP contribution in [0.1, 0.15) is 5.56 Å². The molecule has 9 heteroatoms. The van der Waals surface area contributed by atoms with Crippen molar-refractivity contribution in [1.29, 1.82) is 0 Å². The average molecular weight is 403 g/mol. The van der Waals surface area contributed by atoms with E-state index in [4.69, 9.17) is 4.74 Å². The molecule has 0 radical (unpaired) electrons. The smallest absolute Gasteiger partial charge is 0.203 e. The second kappa shape index (κ2) is 7.77. The Morgan fingerprint density at radius 1 is 1.22 bits per heavy atom. The van der Waals surface area contributed by atoms with Crippen LogP contribution >= 0.6 is 11.3 Å². The van der Waals surface area contributed by atoms with Crippen LogP contribution in [0.3, 0.4) is 0 Å². The molecule has 7 nitrogen and oxygen atoms in total. The molecule has 3 rings (SSSR count). The number of aromatic nitrogens is 1. The molecule has 0 aliphatic heterocycles. The summed E-state index contributed by atoms with van der Waals surface area (Å²) >= 11 is 1.37. The molecule has 1 aromatic heterocycles. The number of methoxy groups -OCH3 is 1. The van der Waals surface area contributed by atoms with Gasteiger partial charge in [-0.1, -0.05) is 12.1 Å². The SMILES string of the molecule is COc1ccc(/C=N/Nc2nc(-c3ccc(S(C)(=O)=O)cc3)cs2)cc1O. The molecule has 0 saturated heterocycles. The maximum atomic E-state index is 11.5. The van der Waals surface area contributed by atoms with Crippen LogP contribution in [-0.2, 0) is 9.84 Å². The van der Waals surface area contributed by atoms with Gasteiger partial charge in [-0.05, 0) is 35.9 Å². The van der Waals surface area contributed by atoms with Gasteiger partial charge < -0.3 is 9.84 Å². The zero-order chi connectivity index (χ0) is 19.4. The summed E-state index contributed by atoms with van der Waals surface area (Å²) in [6, 6.07) is 11.5. The predicted octanol–water partition coefficient (Wildman–Crippen LogP) is 3.37. The summed E-state index contributed by atoms with van der Waals surface area (Å²) in [5, 5.41) is 16.3. The van der Waals surface area contributed by atoms with E-state index in [-0.39, 0.29) is 10.6 Å². The van der Waals surface area contributed by atoms with E-state index in [0.717, 1.165) is 11.3 Å². The molecular formula is C18H17N3O4S2. The number of phenols is 1. The molecule has 0 atom stereocenters. The first-order chi connectivity index (χ1) is 12.9. The zero-order valence-corrected chi connectivity index (χ0v) is 16.2. The fraction of sp³-hybridized carbons (Fsp3) is 0.111. The van der Waals surface area contributed by atoms with Crippen molar-refractivity contribution < 1.29 is 18.3 Å². The lowest BCUT2D eigenvalue weighted by molar-refractivity contribution is 0.373.